The van der Waals surface area contributed by atoms with Crippen LogP contribution in [0.5, 0.6) is 0 Å². The second-order valence-corrected chi connectivity index (χ2v) is 5.01. The summed E-state index contributed by atoms with van der Waals surface area (Å²) in [5.74, 6) is -1.77. The summed E-state index contributed by atoms with van der Waals surface area (Å²) in [6.07, 6.45) is 4.67. The lowest BCUT2D eigenvalue weighted by molar-refractivity contribution is -0.137. The average molecular weight is 311 g/mol. The maximum atomic E-state index is 11.6. The Balaban J connectivity index is 2.06. The van der Waals surface area contributed by atoms with Gasteiger partial charge in [0, 0.05) is 12.8 Å². The van der Waals surface area contributed by atoms with E-state index >= 15 is 0 Å². The third-order valence-corrected chi connectivity index (χ3v) is 3.13. The number of carbonyl (C=O) groups is 3. The minimum atomic E-state index is -1.14. The molecule has 1 rings (SSSR count). The normalized spacial score (nSPS) is 10.4. The van der Waals surface area contributed by atoms with Crippen molar-refractivity contribution in [3.05, 3.63) is 23.7 Å². The molecule has 0 bridgehead atoms. The molecule has 122 valence electrons. The molecule has 7 nitrogen and oxygen atoms in total. The monoisotopic (exact) mass is 311 g/mol. The summed E-state index contributed by atoms with van der Waals surface area (Å²) in [6.45, 7) is 0.171. The van der Waals surface area contributed by atoms with Crippen molar-refractivity contribution in [2.24, 2.45) is 0 Å². The molecular weight excluding hydrogens is 290 g/mol. The van der Waals surface area contributed by atoms with E-state index < -0.39 is 11.9 Å². The Hall–Kier alpha value is -2.31. The smallest absolute Gasteiger partial charge is 0.371 e. The molecule has 0 radical (unpaired) electrons. The summed E-state index contributed by atoms with van der Waals surface area (Å²) < 4.78 is 5.02. The summed E-state index contributed by atoms with van der Waals surface area (Å²) in [6, 6.07) is 2.87. The summed E-state index contributed by atoms with van der Waals surface area (Å²) in [5, 5.41) is 19.8. The molecule has 0 aliphatic rings. The van der Waals surface area contributed by atoms with Crippen molar-refractivity contribution in [1.82, 2.24) is 5.32 Å². The lowest BCUT2D eigenvalue weighted by Gasteiger charge is -2.03. The Bertz CT molecular complexity index is 508. The van der Waals surface area contributed by atoms with Gasteiger partial charge in [0.25, 0.3) is 0 Å². The van der Waals surface area contributed by atoms with Gasteiger partial charge in [-0.2, -0.15) is 0 Å². The third-order valence-electron chi connectivity index (χ3n) is 3.13. The van der Waals surface area contributed by atoms with Crippen LogP contribution in [0.3, 0.4) is 0 Å². The maximum absolute atomic E-state index is 11.6. The fraction of sp³-hybridized carbons (Fsp3) is 0.533. The molecule has 1 aromatic rings. The summed E-state index contributed by atoms with van der Waals surface area (Å²) in [7, 11) is 0. The zero-order valence-electron chi connectivity index (χ0n) is 12.3. The number of carboxylic acids is 2. The van der Waals surface area contributed by atoms with Crippen molar-refractivity contribution >= 4 is 17.8 Å². The Morgan fingerprint density at radius 1 is 0.955 bits per heavy atom. The molecule has 0 atom stereocenters. The topological polar surface area (TPSA) is 117 Å². The van der Waals surface area contributed by atoms with Crippen LogP contribution in [0.2, 0.25) is 0 Å². The van der Waals surface area contributed by atoms with E-state index in [0.717, 1.165) is 25.7 Å². The van der Waals surface area contributed by atoms with E-state index in [0.29, 0.717) is 18.6 Å². The highest BCUT2D eigenvalue weighted by molar-refractivity contribution is 5.84. The van der Waals surface area contributed by atoms with Gasteiger partial charge in [-0.1, -0.05) is 19.3 Å². The van der Waals surface area contributed by atoms with E-state index in [1.165, 1.54) is 12.1 Å². The first-order valence-electron chi connectivity index (χ1n) is 7.29. The van der Waals surface area contributed by atoms with E-state index in [1.807, 2.05) is 0 Å². The van der Waals surface area contributed by atoms with Crippen molar-refractivity contribution < 1.29 is 29.0 Å². The van der Waals surface area contributed by atoms with Crippen molar-refractivity contribution in [1.29, 1.82) is 0 Å². The number of hydrogen-bond acceptors (Lipinski definition) is 4. The predicted molar refractivity (Wildman–Crippen MR) is 77.5 cm³/mol. The molecule has 22 heavy (non-hydrogen) atoms. The van der Waals surface area contributed by atoms with E-state index in [4.69, 9.17) is 14.6 Å². The standard InChI is InChI=1S/C15H21NO6/c17-13(6-4-2-1-3-5-7-14(18)19)16-10-11-8-9-12(22-11)15(20)21/h8-9H,1-7,10H2,(H,16,17)(H,18,19)(H,20,21). The number of furan rings is 1. The molecule has 0 aromatic carbocycles. The molecule has 1 heterocycles. The molecule has 7 heteroatoms. The first kappa shape index (κ1) is 17.7. The maximum Gasteiger partial charge on any atom is 0.371 e. The van der Waals surface area contributed by atoms with Gasteiger partial charge >= 0.3 is 11.9 Å². The Labute approximate surface area is 128 Å². The lowest BCUT2D eigenvalue weighted by atomic mass is 10.1. The van der Waals surface area contributed by atoms with Crippen LogP contribution < -0.4 is 5.32 Å². The van der Waals surface area contributed by atoms with Crippen LogP contribution in [-0.4, -0.2) is 28.1 Å². The molecule has 0 fully saturated rings. The van der Waals surface area contributed by atoms with Gasteiger partial charge in [-0.05, 0) is 25.0 Å². The second-order valence-electron chi connectivity index (χ2n) is 5.01. The Morgan fingerprint density at radius 3 is 2.18 bits per heavy atom. The molecule has 0 unspecified atom stereocenters. The predicted octanol–water partition coefficient (Wildman–Crippen LogP) is 2.41. The van der Waals surface area contributed by atoms with Crippen LogP contribution >= 0.6 is 0 Å². The average Bonchev–Trinajstić information content (AvgIpc) is 2.93. The molecule has 0 aliphatic heterocycles. The highest BCUT2D eigenvalue weighted by Gasteiger charge is 2.09. The molecule has 0 saturated heterocycles. The number of carboxylic acid groups (broad SMARTS) is 2. The largest absolute Gasteiger partial charge is 0.481 e. The highest BCUT2D eigenvalue weighted by Crippen LogP contribution is 2.09. The van der Waals surface area contributed by atoms with E-state index in [9.17, 15) is 14.4 Å². The van der Waals surface area contributed by atoms with E-state index in [2.05, 4.69) is 5.32 Å². The Kier molecular flexibility index (Phi) is 7.74. The number of rotatable bonds is 11. The molecule has 1 amide bonds. The van der Waals surface area contributed by atoms with Crippen molar-refractivity contribution in [3.63, 3.8) is 0 Å². The zero-order chi connectivity index (χ0) is 16.4. The fourth-order valence-electron chi connectivity index (χ4n) is 1.95. The van der Waals surface area contributed by atoms with Crippen molar-refractivity contribution in [2.45, 2.75) is 51.5 Å². The molecule has 0 saturated carbocycles. The van der Waals surface area contributed by atoms with Crippen molar-refractivity contribution in [2.75, 3.05) is 0 Å². The number of aliphatic carboxylic acids is 1. The number of amides is 1. The molecular formula is C15H21NO6. The molecule has 0 aliphatic carbocycles. The van der Waals surface area contributed by atoms with Gasteiger partial charge in [-0.3, -0.25) is 9.59 Å². The third kappa shape index (κ3) is 7.47. The fourth-order valence-corrected chi connectivity index (χ4v) is 1.95. The first-order valence-corrected chi connectivity index (χ1v) is 7.29. The number of nitrogens with one attached hydrogen (secondary N) is 1. The number of hydrogen-bond donors (Lipinski definition) is 3. The highest BCUT2D eigenvalue weighted by atomic mass is 16.4. The number of aromatic carboxylic acids is 1. The van der Waals surface area contributed by atoms with Crippen LogP contribution in [0.15, 0.2) is 16.5 Å². The van der Waals surface area contributed by atoms with E-state index in [-0.39, 0.29) is 24.6 Å². The van der Waals surface area contributed by atoms with Gasteiger partial charge in [-0.15, -0.1) is 0 Å². The number of carbonyl (C=O) groups excluding carboxylic acids is 1. The Morgan fingerprint density at radius 2 is 1.59 bits per heavy atom. The summed E-state index contributed by atoms with van der Waals surface area (Å²) >= 11 is 0. The van der Waals surface area contributed by atoms with Crippen LogP contribution in [-0.2, 0) is 16.1 Å². The van der Waals surface area contributed by atoms with Gasteiger partial charge in [0.1, 0.15) is 5.76 Å². The van der Waals surface area contributed by atoms with Crippen LogP contribution in [0.25, 0.3) is 0 Å². The van der Waals surface area contributed by atoms with Gasteiger partial charge < -0.3 is 19.9 Å². The second kappa shape index (κ2) is 9.59. The van der Waals surface area contributed by atoms with Crippen LogP contribution in [0.1, 0.15) is 61.3 Å². The van der Waals surface area contributed by atoms with Crippen LogP contribution in [0.4, 0.5) is 0 Å². The van der Waals surface area contributed by atoms with Gasteiger partial charge in [0.15, 0.2) is 0 Å². The minimum Gasteiger partial charge on any atom is -0.481 e. The molecule has 3 N–H and O–H groups in total. The minimum absolute atomic E-state index is 0.112. The SMILES string of the molecule is O=C(O)CCCCCCCC(=O)NCc1ccc(C(=O)O)o1. The first-order chi connectivity index (χ1) is 10.5. The van der Waals surface area contributed by atoms with Gasteiger partial charge in [0.05, 0.1) is 6.54 Å². The van der Waals surface area contributed by atoms with E-state index in [1.54, 1.807) is 0 Å². The van der Waals surface area contributed by atoms with Gasteiger partial charge in [0.2, 0.25) is 11.7 Å². The summed E-state index contributed by atoms with van der Waals surface area (Å²) in [5.41, 5.74) is 0. The van der Waals surface area contributed by atoms with Crippen LogP contribution in [0, 0.1) is 0 Å². The van der Waals surface area contributed by atoms with Crippen molar-refractivity contribution in [3.8, 4) is 0 Å². The number of unbranched alkanes of at least 4 members (excludes halogenated alkanes) is 4. The lowest BCUT2D eigenvalue weighted by Crippen LogP contribution is -2.22. The summed E-state index contributed by atoms with van der Waals surface area (Å²) in [4.78, 5) is 32.5. The molecule has 0 spiro atoms. The molecule has 1 aromatic heterocycles. The quantitative estimate of drug-likeness (QED) is 0.540. The van der Waals surface area contributed by atoms with Gasteiger partial charge in [-0.25, -0.2) is 4.79 Å². The zero-order valence-corrected chi connectivity index (χ0v) is 12.3.